The number of nitrogens with one attached hydrogen (secondary N) is 1. The fraction of sp³-hybridized carbons (Fsp3) is 0.353. The first-order chi connectivity index (χ1) is 11.0. The standard InChI is InChI=1S/C17H19FN2O2S/c1-11(20-23(21)22)8-15-9-16(15)13-4-2-12(3-5-13)14-6-7-17(18)19-10-14/h2-7,10-11,15-16,20H,8-9H2,1H3,(H,21,22). The minimum atomic E-state index is -1.95. The normalized spacial score (nSPS) is 22.6. The highest BCUT2D eigenvalue weighted by molar-refractivity contribution is 7.77. The maximum Gasteiger partial charge on any atom is 0.231 e. The van der Waals surface area contributed by atoms with Crippen LogP contribution >= 0.6 is 0 Å². The minimum Gasteiger partial charge on any atom is -0.294 e. The number of nitrogens with zero attached hydrogens (tertiary/aromatic N) is 1. The highest BCUT2D eigenvalue weighted by Crippen LogP contribution is 2.50. The van der Waals surface area contributed by atoms with Gasteiger partial charge in [-0.3, -0.25) is 4.55 Å². The van der Waals surface area contributed by atoms with E-state index in [0.29, 0.717) is 11.8 Å². The van der Waals surface area contributed by atoms with E-state index in [9.17, 15) is 8.60 Å². The van der Waals surface area contributed by atoms with Gasteiger partial charge in [-0.05, 0) is 54.9 Å². The van der Waals surface area contributed by atoms with Crippen LogP contribution in [0.1, 0.15) is 31.2 Å². The van der Waals surface area contributed by atoms with Gasteiger partial charge < -0.3 is 0 Å². The third-order valence-corrected chi connectivity index (χ3v) is 4.88. The van der Waals surface area contributed by atoms with E-state index in [4.69, 9.17) is 4.55 Å². The van der Waals surface area contributed by atoms with E-state index in [1.165, 1.54) is 17.8 Å². The summed E-state index contributed by atoms with van der Waals surface area (Å²) >= 11 is -1.95. The minimum absolute atomic E-state index is 0.0281. The van der Waals surface area contributed by atoms with Crippen molar-refractivity contribution in [2.75, 3.05) is 0 Å². The molecule has 2 N–H and O–H groups in total. The van der Waals surface area contributed by atoms with Crippen molar-refractivity contribution in [3.8, 4) is 11.1 Å². The molecule has 0 amide bonds. The molecule has 1 heterocycles. The zero-order valence-electron chi connectivity index (χ0n) is 12.8. The molecule has 1 saturated carbocycles. The fourth-order valence-electron chi connectivity index (χ4n) is 3.06. The van der Waals surface area contributed by atoms with Crippen LogP contribution in [0, 0.1) is 11.9 Å². The van der Waals surface area contributed by atoms with Gasteiger partial charge >= 0.3 is 0 Å². The molecule has 0 spiro atoms. The summed E-state index contributed by atoms with van der Waals surface area (Å²) in [6.45, 7) is 1.92. The molecule has 6 heteroatoms. The summed E-state index contributed by atoms with van der Waals surface area (Å²) in [4.78, 5) is 3.67. The summed E-state index contributed by atoms with van der Waals surface area (Å²) < 4.78 is 35.0. The van der Waals surface area contributed by atoms with E-state index in [1.807, 2.05) is 19.1 Å². The summed E-state index contributed by atoms with van der Waals surface area (Å²) in [5.74, 6) is 0.601. The predicted octanol–water partition coefficient (Wildman–Crippen LogP) is 3.50. The Morgan fingerprint density at radius 3 is 2.61 bits per heavy atom. The third-order valence-electron chi connectivity index (χ3n) is 4.28. The molecular formula is C17H19FN2O2S. The summed E-state index contributed by atoms with van der Waals surface area (Å²) in [7, 11) is 0. The second kappa shape index (κ2) is 6.86. The number of hydrogen-bond acceptors (Lipinski definition) is 2. The van der Waals surface area contributed by atoms with E-state index >= 15 is 0 Å². The molecule has 4 nitrogen and oxygen atoms in total. The van der Waals surface area contributed by atoms with Gasteiger partial charge in [0.2, 0.25) is 17.2 Å². The number of hydrogen-bond donors (Lipinski definition) is 2. The third kappa shape index (κ3) is 4.22. The molecule has 2 aromatic rings. The highest BCUT2D eigenvalue weighted by atomic mass is 32.2. The van der Waals surface area contributed by atoms with Gasteiger partial charge in [0, 0.05) is 17.8 Å². The van der Waals surface area contributed by atoms with Crippen molar-refractivity contribution >= 4 is 11.3 Å². The van der Waals surface area contributed by atoms with Crippen molar-refractivity contribution in [1.29, 1.82) is 0 Å². The highest BCUT2D eigenvalue weighted by Gasteiger charge is 2.38. The molecule has 0 saturated heterocycles. The number of aromatic nitrogens is 1. The fourth-order valence-corrected chi connectivity index (χ4v) is 3.50. The molecule has 23 heavy (non-hydrogen) atoms. The van der Waals surface area contributed by atoms with E-state index in [1.54, 1.807) is 6.07 Å². The molecular weight excluding hydrogens is 315 g/mol. The first-order valence-electron chi connectivity index (χ1n) is 7.62. The average molecular weight is 334 g/mol. The molecule has 1 fully saturated rings. The van der Waals surface area contributed by atoms with Crippen LogP contribution in [-0.2, 0) is 11.3 Å². The first kappa shape index (κ1) is 16.2. The van der Waals surface area contributed by atoms with Crippen molar-refractivity contribution in [3.05, 3.63) is 54.1 Å². The molecule has 1 aromatic heterocycles. The topological polar surface area (TPSA) is 62.2 Å². The average Bonchev–Trinajstić information content (AvgIpc) is 3.26. The molecule has 1 aliphatic rings. The quantitative estimate of drug-likeness (QED) is 0.628. The summed E-state index contributed by atoms with van der Waals surface area (Å²) in [5, 5.41) is 0. The van der Waals surface area contributed by atoms with Crippen LogP contribution in [0.3, 0.4) is 0 Å². The Morgan fingerprint density at radius 1 is 1.30 bits per heavy atom. The van der Waals surface area contributed by atoms with Gasteiger partial charge in [-0.25, -0.2) is 13.9 Å². The van der Waals surface area contributed by atoms with Crippen molar-refractivity contribution in [2.24, 2.45) is 5.92 Å². The number of rotatable bonds is 6. The molecule has 1 aliphatic carbocycles. The Balaban J connectivity index is 1.60. The second-order valence-electron chi connectivity index (χ2n) is 6.10. The molecule has 1 aromatic carbocycles. The molecule has 4 atom stereocenters. The van der Waals surface area contributed by atoms with Gasteiger partial charge in [-0.15, -0.1) is 0 Å². The zero-order valence-corrected chi connectivity index (χ0v) is 13.6. The van der Waals surface area contributed by atoms with Crippen LogP contribution in [0.25, 0.3) is 11.1 Å². The lowest BCUT2D eigenvalue weighted by molar-refractivity contribution is 0.506. The molecule has 4 unspecified atom stereocenters. The van der Waals surface area contributed by atoms with Crippen LogP contribution in [0.2, 0.25) is 0 Å². The Hall–Kier alpha value is -1.63. The van der Waals surface area contributed by atoms with Crippen LogP contribution in [0.4, 0.5) is 4.39 Å². The lowest BCUT2D eigenvalue weighted by Crippen LogP contribution is -2.28. The summed E-state index contributed by atoms with van der Waals surface area (Å²) in [6, 6.07) is 11.4. The van der Waals surface area contributed by atoms with Gasteiger partial charge in [0.25, 0.3) is 0 Å². The predicted molar refractivity (Wildman–Crippen MR) is 88.5 cm³/mol. The van der Waals surface area contributed by atoms with E-state index < -0.39 is 17.2 Å². The Kier molecular flexibility index (Phi) is 4.84. The van der Waals surface area contributed by atoms with E-state index in [2.05, 4.69) is 21.8 Å². The van der Waals surface area contributed by atoms with Crippen molar-refractivity contribution < 1.29 is 13.2 Å². The van der Waals surface area contributed by atoms with Gasteiger partial charge in [0.05, 0.1) is 0 Å². The maximum absolute atomic E-state index is 12.9. The molecule has 122 valence electrons. The number of halogens is 1. The van der Waals surface area contributed by atoms with Crippen LogP contribution in [-0.4, -0.2) is 19.8 Å². The maximum atomic E-state index is 12.9. The lowest BCUT2D eigenvalue weighted by Gasteiger charge is -2.10. The molecule has 0 radical (unpaired) electrons. The zero-order chi connectivity index (χ0) is 16.4. The van der Waals surface area contributed by atoms with Gasteiger partial charge in [0.1, 0.15) is 0 Å². The SMILES string of the molecule is CC(CC1CC1c1ccc(-c2ccc(F)nc2)cc1)NS(=O)O. The monoisotopic (exact) mass is 334 g/mol. The van der Waals surface area contributed by atoms with Crippen molar-refractivity contribution in [2.45, 2.75) is 31.7 Å². The Labute approximate surface area is 137 Å². The van der Waals surface area contributed by atoms with Crippen LogP contribution in [0.5, 0.6) is 0 Å². The van der Waals surface area contributed by atoms with Crippen LogP contribution in [0.15, 0.2) is 42.6 Å². The lowest BCUT2D eigenvalue weighted by atomic mass is 10.0. The molecule has 0 aliphatic heterocycles. The van der Waals surface area contributed by atoms with Gasteiger partial charge in [-0.1, -0.05) is 24.3 Å². The van der Waals surface area contributed by atoms with Crippen LogP contribution < -0.4 is 4.72 Å². The van der Waals surface area contributed by atoms with Crippen molar-refractivity contribution in [1.82, 2.24) is 9.71 Å². The molecule has 3 rings (SSSR count). The van der Waals surface area contributed by atoms with Gasteiger partial charge in [0.15, 0.2) is 0 Å². The van der Waals surface area contributed by atoms with Gasteiger partial charge in [-0.2, -0.15) is 4.39 Å². The summed E-state index contributed by atoms with van der Waals surface area (Å²) in [5.41, 5.74) is 3.20. The largest absolute Gasteiger partial charge is 0.294 e. The Morgan fingerprint density at radius 2 is 2.00 bits per heavy atom. The smallest absolute Gasteiger partial charge is 0.231 e. The summed E-state index contributed by atoms with van der Waals surface area (Å²) in [6.07, 6.45) is 3.54. The number of benzene rings is 1. The second-order valence-corrected chi connectivity index (χ2v) is 6.83. The van der Waals surface area contributed by atoms with E-state index in [0.717, 1.165) is 24.0 Å². The van der Waals surface area contributed by atoms with E-state index in [-0.39, 0.29) is 6.04 Å². The first-order valence-corrected chi connectivity index (χ1v) is 8.72. The molecule has 0 bridgehead atoms. The number of pyridine rings is 1. The Bertz CT molecular complexity index is 691. The van der Waals surface area contributed by atoms with Crippen molar-refractivity contribution in [3.63, 3.8) is 0 Å².